The Balaban J connectivity index is 1.86. The number of rotatable bonds is 7. The van der Waals surface area contributed by atoms with Gasteiger partial charge in [-0.1, -0.05) is 25.1 Å². The Hall–Kier alpha value is -3.21. The molecule has 0 saturated carbocycles. The first kappa shape index (κ1) is 18.6. The Kier molecular flexibility index (Phi) is 6.15. The zero-order valence-corrected chi connectivity index (χ0v) is 15.1. The number of amides is 1. The van der Waals surface area contributed by atoms with Crippen LogP contribution in [0.1, 0.15) is 29.3 Å². The van der Waals surface area contributed by atoms with Gasteiger partial charge >= 0.3 is 0 Å². The van der Waals surface area contributed by atoms with Gasteiger partial charge in [0.25, 0.3) is 5.91 Å². The first-order chi connectivity index (χ1) is 13.2. The van der Waals surface area contributed by atoms with Crippen LogP contribution in [-0.4, -0.2) is 17.5 Å². The highest BCUT2D eigenvalue weighted by molar-refractivity contribution is 6.05. The molecule has 27 heavy (non-hydrogen) atoms. The van der Waals surface area contributed by atoms with Crippen molar-refractivity contribution in [1.29, 1.82) is 0 Å². The molecule has 0 spiro atoms. The minimum absolute atomic E-state index is 0.208. The van der Waals surface area contributed by atoms with E-state index in [-0.39, 0.29) is 18.3 Å². The summed E-state index contributed by atoms with van der Waals surface area (Å²) in [7, 11) is 0. The van der Waals surface area contributed by atoms with E-state index in [1.54, 1.807) is 54.7 Å². The van der Waals surface area contributed by atoms with Crippen molar-refractivity contribution in [3.8, 4) is 5.75 Å². The smallest absolute Gasteiger partial charge is 0.259 e. The summed E-state index contributed by atoms with van der Waals surface area (Å²) in [6.07, 6.45) is 2.55. The second-order valence-electron chi connectivity index (χ2n) is 6.08. The van der Waals surface area contributed by atoms with Crippen LogP contribution in [0.3, 0.4) is 0 Å². The van der Waals surface area contributed by atoms with Gasteiger partial charge in [-0.05, 0) is 60.5 Å². The fraction of sp³-hybridized carbons (Fsp3) is 0.182. The topological polar surface area (TPSA) is 42.4 Å². The van der Waals surface area contributed by atoms with Crippen LogP contribution in [-0.2, 0) is 6.54 Å². The summed E-state index contributed by atoms with van der Waals surface area (Å²) in [5, 5.41) is 0. The zero-order valence-electron chi connectivity index (χ0n) is 15.1. The molecule has 0 radical (unpaired) electrons. The highest BCUT2D eigenvalue weighted by Crippen LogP contribution is 2.20. The maximum atomic E-state index is 13.6. The summed E-state index contributed by atoms with van der Waals surface area (Å²) in [6.45, 7) is 2.89. The molecule has 0 aliphatic rings. The SMILES string of the molecule is CCCOc1ccc(C(=O)N(Cc2cccc(F)c2)c2ccccn2)cc1. The van der Waals surface area contributed by atoms with Gasteiger partial charge < -0.3 is 4.74 Å². The molecule has 2 aromatic carbocycles. The maximum absolute atomic E-state index is 13.6. The molecule has 0 fully saturated rings. The van der Waals surface area contributed by atoms with E-state index in [0.29, 0.717) is 23.6 Å². The summed E-state index contributed by atoms with van der Waals surface area (Å²) >= 11 is 0. The fourth-order valence-corrected chi connectivity index (χ4v) is 2.66. The second kappa shape index (κ2) is 8.94. The summed E-state index contributed by atoms with van der Waals surface area (Å²) in [4.78, 5) is 18.9. The summed E-state index contributed by atoms with van der Waals surface area (Å²) in [5.41, 5.74) is 1.21. The van der Waals surface area contributed by atoms with E-state index in [0.717, 1.165) is 12.2 Å². The summed E-state index contributed by atoms with van der Waals surface area (Å²) in [5.74, 6) is 0.694. The first-order valence-corrected chi connectivity index (χ1v) is 8.87. The van der Waals surface area contributed by atoms with Crippen molar-refractivity contribution in [2.24, 2.45) is 0 Å². The van der Waals surface area contributed by atoms with Gasteiger partial charge in [-0.15, -0.1) is 0 Å². The van der Waals surface area contributed by atoms with Crippen molar-refractivity contribution >= 4 is 11.7 Å². The van der Waals surface area contributed by atoms with Crippen LogP contribution in [0, 0.1) is 5.82 Å². The van der Waals surface area contributed by atoms with Gasteiger partial charge in [0.1, 0.15) is 17.4 Å². The van der Waals surface area contributed by atoms with Crippen LogP contribution in [0.5, 0.6) is 5.75 Å². The lowest BCUT2D eigenvalue weighted by Gasteiger charge is -2.22. The molecule has 1 aromatic heterocycles. The lowest BCUT2D eigenvalue weighted by molar-refractivity contribution is 0.0984. The highest BCUT2D eigenvalue weighted by Gasteiger charge is 2.19. The van der Waals surface area contributed by atoms with Crippen molar-refractivity contribution < 1.29 is 13.9 Å². The van der Waals surface area contributed by atoms with Crippen LogP contribution >= 0.6 is 0 Å². The molecular formula is C22H21FN2O2. The van der Waals surface area contributed by atoms with E-state index in [1.165, 1.54) is 17.0 Å². The highest BCUT2D eigenvalue weighted by atomic mass is 19.1. The Labute approximate surface area is 158 Å². The molecule has 0 N–H and O–H groups in total. The number of benzene rings is 2. The van der Waals surface area contributed by atoms with E-state index in [4.69, 9.17) is 4.74 Å². The molecule has 0 atom stereocenters. The quantitative estimate of drug-likeness (QED) is 0.601. The normalized spacial score (nSPS) is 10.4. The Morgan fingerprint density at radius 3 is 2.56 bits per heavy atom. The molecule has 1 heterocycles. The standard InChI is InChI=1S/C22H21FN2O2/c1-2-14-27-20-11-9-18(10-12-20)22(26)25(21-8-3-4-13-24-21)16-17-6-5-7-19(23)15-17/h3-13,15H,2,14,16H2,1H3. The monoisotopic (exact) mass is 364 g/mol. The number of nitrogens with zero attached hydrogens (tertiary/aromatic N) is 2. The number of hydrogen-bond acceptors (Lipinski definition) is 3. The molecule has 0 saturated heterocycles. The largest absolute Gasteiger partial charge is 0.494 e. The maximum Gasteiger partial charge on any atom is 0.259 e. The van der Waals surface area contributed by atoms with E-state index in [1.807, 2.05) is 13.0 Å². The van der Waals surface area contributed by atoms with Crippen molar-refractivity contribution in [3.63, 3.8) is 0 Å². The van der Waals surface area contributed by atoms with Crippen molar-refractivity contribution in [2.75, 3.05) is 11.5 Å². The fourth-order valence-electron chi connectivity index (χ4n) is 2.66. The third-order valence-corrected chi connectivity index (χ3v) is 3.97. The minimum Gasteiger partial charge on any atom is -0.494 e. The van der Waals surface area contributed by atoms with Gasteiger partial charge in [-0.2, -0.15) is 0 Å². The molecule has 0 aliphatic heterocycles. The molecule has 0 unspecified atom stereocenters. The minimum atomic E-state index is -0.335. The van der Waals surface area contributed by atoms with Crippen LogP contribution in [0.25, 0.3) is 0 Å². The molecule has 0 aliphatic carbocycles. The van der Waals surface area contributed by atoms with Gasteiger partial charge in [-0.25, -0.2) is 9.37 Å². The molecule has 5 heteroatoms. The summed E-state index contributed by atoms with van der Waals surface area (Å²) in [6, 6.07) is 18.6. The Morgan fingerprint density at radius 2 is 1.89 bits per heavy atom. The van der Waals surface area contributed by atoms with Crippen LogP contribution in [0.15, 0.2) is 72.9 Å². The third kappa shape index (κ3) is 4.91. The average molecular weight is 364 g/mol. The molecular weight excluding hydrogens is 343 g/mol. The molecule has 1 amide bonds. The number of aromatic nitrogens is 1. The Morgan fingerprint density at radius 1 is 1.07 bits per heavy atom. The predicted octanol–water partition coefficient (Wildman–Crippen LogP) is 4.86. The Bertz CT molecular complexity index is 882. The molecule has 4 nitrogen and oxygen atoms in total. The van der Waals surface area contributed by atoms with Crippen LogP contribution in [0.2, 0.25) is 0 Å². The van der Waals surface area contributed by atoms with Crippen molar-refractivity contribution in [3.05, 3.63) is 89.9 Å². The number of hydrogen-bond donors (Lipinski definition) is 0. The van der Waals surface area contributed by atoms with Gasteiger partial charge in [0.2, 0.25) is 0 Å². The van der Waals surface area contributed by atoms with Gasteiger partial charge in [-0.3, -0.25) is 9.69 Å². The second-order valence-corrected chi connectivity index (χ2v) is 6.08. The zero-order chi connectivity index (χ0) is 19.1. The number of pyridine rings is 1. The van der Waals surface area contributed by atoms with Crippen LogP contribution in [0.4, 0.5) is 10.2 Å². The average Bonchev–Trinajstić information content (AvgIpc) is 2.71. The number of carbonyl (C=O) groups is 1. The first-order valence-electron chi connectivity index (χ1n) is 8.87. The van der Waals surface area contributed by atoms with Gasteiger partial charge in [0.15, 0.2) is 0 Å². The van der Waals surface area contributed by atoms with Crippen LogP contribution < -0.4 is 9.64 Å². The number of carbonyl (C=O) groups excluding carboxylic acids is 1. The lowest BCUT2D eigenvalue weighted by Crippen LogP contribution is -2.31. The number of halogens is 1. The van der Waals surface area contributed by atoms with Crippen molar-refractivity contribution in [1.82, 2.24) is 4.98 Å². The predicted molar refractivity (Wildman–Crippen MR) is 103 cm³/mol. The molecule has 3 rings (SSSR count). The van der Waals surface area contributed by atoms with Crippen molar-refractivity contribution in [2.45, 2.75) is 19.9 Å². The number of ether oxygens (including phenoxy) is 1. The summed E-state index contributed by atoms with van der Waals surface area (Å²) < 4.78 is 19.1. The molecule has 138 valence electrons. The third-order valence-electron chi connectivity index (χ3n) is 3.97. The van der Waals surface area contributed by atoms with E-state index in [9.17, 15) is 9.18 Å². The van der Waals surface area contributed by atoms with E-state index in [2.05, 4.69) is 4.98 Å². The van der Waals surface area contributed by atoms with E-state index >= 15 is 0 Å². The van der Waals surface area contributed by atoms with Gasteiger partial charge in [0, 0.05) is 11.8 Å². The lowest BCUT2D eigenvalue weighted by atomic mass is 10.1. The van der Waals surface area contributed by atoms with Gasteiger partial charge in [0.05, 0.1) is 13.2 Å². The molecule has 0 bridgehead atoms. The number of anilines is 1. The van der Waals surface area contributed by atoms with E-state index < -0.39 is 0 Å². The molecule has 3 aromatic rings.